The topological polar surface area (TPSA) is 64.1 Å². The molecule has 110 valence electrons. The zero-order valence-electron chi connectivity index (χ0n) is 12.3. The van der Waals surface area contributed by atoms with Crippen LogP contribution in [0.5, 0.6) is 0 Å². The zero-order valence-corrected chi connectivity index (χ0v) is 12.3. The quantitative estimate of drug-likeness (QED) is 0.821. The largest absolute Gasteiger partial charge is 0.481 e. The van der Waals surface area contributed by atoms with Gasteiger partial charge in [0.1, 0.15) is 0 Å². The van der Waals surface area contributed by atoms with E-state index in [1.54, 1.807) is 11.8 Å². The first-order chi connectivity index (χ1) is 8.86. The van der Waals surface area contributed by atoms with Gasteiger partial charge in [-0.3, -0.25) is 4.79 Å². The SMILES string of the molecule is CCN(CC(C)C(=O)O)C(=O)N1CCN(C)C(C)C1. The Morgan fingerprint density at radius 2 is 2.05 bits per heavy atom. The second-order valence-corrected chi connectivity index (χ2v) is 5.34. The highest BCUT2D eigenvalue weighted by molar-refractivity contribution is 5.76. The summed E-state index contributed by atoms with van der Waals surface area (Å²) in [5.41, 5.74) is 0. The molecule has 1 aliphatic heterocycles. The molecule has 0 aromatic heterocycles. The fourth-order valence-corrected chi connectivity index (χ4v) is 2.17. The number of nitrogens with zero attached hydrogens (tertiary/aromatic N) is 3. The lowest BCUT2D eigenvalue weighted by molar-refractivity contribution is -0.141. The zero-order chi connectivity index (χ0) is 14.6. The molecule has 2 unspecified atom stereocenters. The van der Waals surface area contributed by atoms with E-state index in [2.05, 4.69) is 18.9 Å². The van der Waals surface area contributed by atoms with Gasteiger partial charge in [-0.2, -0.15) is 0 Å². The number of carbonyl (C=O) groups excluding carboxylic acids is 1. The van der Waals surface area contributed by atoms with E-state index in [0.29, 0.717) is 25.7 Å². The normalized spacial score (nSPS) is 22.1. The number of likely N-dealkylation sites (N-methyl/N-ethyl adjacent to an activating group) is 1. The van der Waals surface area contributed by atoms with Gasteiger partial charge in [0.05, 0.1) is 5.92 Å². The first-order valence-electron chi connectivity index (χ1n) is 6.83. The van der Waals surface area contributed by atoms with Crippen molar-refractivity contribution in [1.82, 2.24) is 14.7 Å². The van der Waals surface area contributed by atoms with Crippen molar-refractivity contribution in [2.75, 3.05) is 39.8 Å². The smallest absolute Gasteiger partial charge is 0.320 e. The molecule has 1 N–H and O–H groups in total. The van der Waals surface area contributed by atoms with Crippen LogP contribution in [0.15, 0.2) is 0 Å². The monoisotopic (exact) mass is 271 g/mol. The van der Waals surface area contributed by atoms with Crippen LogP contribution in [0.25, 0.3) is 0 Å². The fourth-order valence-electron chi connectivity index (χ4n) is 2.17. The average Bonchev–Trinajstić information content (AvgIpc) is 2.37. The van der Waals surface area contributed by atoms with Gasteiger partial charge in [-0.05, 0) is 20.9 Å². The van der Waals surface area contributed by atoms with E-state index < -0.39 is 11.9 Å². The van der Waals surface area contributed by atoms with E-state index in [9.17, 15) is 9.59 Å². The number of aliphatic carboxylic acids is 1. The number of carbonyl (C=O) groups is 2. The second kappa shape index (κ2) is 6.75. The van der Waals surface area contributed by atoms with Gasteiger partial charge in [-0.15, -0.1) is 0 Å². The molecule has 0 spiro atoms. The van der Waals surface area contributed by atoms with Gasteiger partial charge in [0.2, 0.25) is 0 Å². The van der Waals surface area contributed by atoms with Crippen LogP contribution >= 0.6 is 0 Å². The van der Waals surface area contributed by atoms with Crippen LogP contribution < -0.4 is 0 Å². The highest BCUT2D eigenvalue weighted by Gasteiger charge is 2.28. The number of rotatable bonds is 4. The van der Waals surface area contributed by atoms with Gasteiger partial charge in [0, 0.05) is 38.8 Å². The summed E-state index contributed by atoms with van der Waals surface area (Å²) in [5.74, 6) is -1.40. The second-order valence-electron chi connectivity index (χ2n) is 5.34. The molecule has 2 atom stereocenters. The molecule has 1 rings (SSSR count). The first-order valence-corrected chi connectivity index (χ1v) is 6.83. The Bertz CT molecular complexity index is 335. The number of carboxylic acids is 1. The molecule has 0 saturated carbocycles. The molecule has 1 fully saturated rings. The third-order valence-corrected chi connectivity index (χ3v) is 3.80. The predicted molar refractivity (Wildman–Crippen MR) is 73.1 cm³/mol. The van der Waals surface area contributed by atoms with Gasteiger partial charge < -0.3 is 19.8 Å². The Morgan fingerprint density at radius 1 is 1.42 bits per heavy atom. The predicted octanol–water partition coefficient (Wildman–Crippen LogP) is 0.785. The van der Waals surface area contributed by atoms with Gasteiger partial charge >= 0.3 is 12.0 Å². The molecule has 0 aromatic rings. The van der Waals surface area contributed by atoms with E-state index in [1.807, 2.05) is 11.8 Å². The van der Waals surface area contributed by atoms with Gasteiger partial charge in [0.15, 0.2) is 0 Å². The number of piperazine rings is 1. The maximum atomic E-state index is 12.4. The molecule has 1 heterocycles. The average molecular weight is 271 g/mol. The van der Waals surface area contributed by atoms with Crippen LogP contribution in [0.1, 0.15) is 20.8 Å². The van der Waals surface area contributed by atoms with E-state index in [0.717, 1.165) is 6.54 Å². The molecule has 0 bridgehead atoms. The van der Waals surface area contributed by atoms with Crippen LogP contribution in [-0.4, -0.2) is 77.6 Å². The maximum Gasteiger partial charge on any atom is 0.320 e. The molecule has 1 aliphatic rings. The highest BCUT2D eigenvalue weighted by atomic mass is 16.4. The van der Waals surface area contributed by atoms with Crippen molar-refractivity contribution >= 4 is 12.0 Å². The number of amides is 2. The molecule has 0 radical (unpaired) electrons. The molecule has 19 heavy (non-hydrogen) atoms. The molecule has 1 saturated heterocycles. The number of hydrogen-bond acceptors (Lipinski definition) is 3. The third kappa shape index (κ3) is 4.09. The third-order valence-electron chi connectivity index (χ3n) is 3.80. The number of carboxylic acid groups (broad SMARTS) is 1. The molecule has 2 amide bonds. The minimum absolute atomic E-state index is 0.0458. The van der Waals surface area contributed by atoms with Crippen LogP contribution in [0, 0.1) is 5.92 Å². The molecule has 0 aliphatic carbocycles. The Labute approximate surface area is 115 Å². The summed E-state index contributed by atoms with van der Waals surface area (Å²) in [6.45, 7) is 8.68. The number of urea groups is 1. The Balaban J connectivity index is 2.61. The van der Waals surface area contributed by atoms with Crippen molar-refractivity contribution in [2.24, 2.45) is 5.92 Å². The van der Waals surface area contributed by atoms with Crippen molar-refractivity contribution in [3.05, 3.63) is 0 Å². The van der Waals surface area contributed by atoms with Gasteiger partial charge in [-0.25, -0.2) is 4.79 Å². The van der Waals surface area contributed by atoms with E-state index in [-0.39, 0.29) is 12.6 Å². The lowest BCUT2D eigenvalue weighted by Gasteiger charge is -2.40. The molecule has 6 nitrogen and oxygen atoms in total. The molecule has 0 aromatic carbocycles. The van der Waals surface area contributed by atoms with E-state index in [4.69, 9.17) is 5.11 Å². The summed E-state index contributed by atoms with van der Waals surface area (Å²) in [5, 5.41) is 8.94. The van der Waals surface area contributed by atoms with Crippen molar-refractivity contribution in [3.63, 3.8) is 0 Å². The van der Waals surface area contributed by atoms with Crippen LogP contribution in [0.2, 0.25) is 0 Å². The van der Waals surface area contributed by atoms with Crippen molar-refractivity contribution in [1.29, 1.82) is 0 Å². The van der Waals surface area contributed by atoms with Crippen LogP contribution in [0.4, 0.5) is 4.79 Å². The summed E-state index contributed by atoms with van der Waals surface area (Å²) < 4.78 is 0. The summed E-state index contributed by atoms with van der Waals surface area (Å²) in [6.07, 6.45) is 0. The minimum Gasteiger partial charge on any atom is -0.481 e. The highest BCUT2D eigenvalue weighted by Crippen LogP contribution is 2.11. The van der Waals surface area contributed by atoms with Crippen molar-refractivity contribution in [2.45, 2.75) is 26.8 Å². The van der Waals surface area contributed by atoms with Gasteiger partial charge in [0.25, 0.3) is 0 Å². The van der Waals surface area contributed by atoms with E-state index in [1.165, 1.54) is 0 Å². The standard InChI is InChI=1S/C13H25N3O3/c1-5-15(8-10(2)12(17)18)13(19)16-7-6-14(4)11(3)9-16/h10-11H,5-9H2,1-4H3,(H,17,18). The maximum absolute atomic E-state index is 12.4. The minimum atomic E-state index is -0.863. The van der Waals surface area contributed by atoms with E-state index >= 15 is 0 Å². The molecular formula is C13H25N3O3. The van der Waals surface area contributed by atoms with Crippen LogP contribution in [-0.2, 0) is 4.79 Å². The Hall–Kier alpha value is -1.30. The summed E-state index contributed by atoms with van der Waals surface area (Å²) in [6, 6.07) is 0.295. The lowest BCUT2D eigenvalue weighted by atomic mass is 10.1. The summed E-state index contributed by atoms with van der Waals surface area (Å²) in [7, 11) is 2.05. The van der Waals surface area contributed by atoms with Crippen molar-refractivity contribution in [3.8, 4) is 0 Å². The molecular weight excluding hydrogens is 246 g/mol. The Morgan fingerprint density at radius 3 is 2.53 bits per heavy atom. The molecule has 6 heteroatoms. The summed E-state index contributed by atoms with van der Waals surface area (Å²) >= 11 is 0. The van der Waals surface area contributed by atoms with Crippen molar-refractivity contribution < 1.29 is 14.7 Å². The first kappa shape index (κ1) is 15.8. The number of hydrogen-bond donors (Lipinski definition) is 1. The fraction of sp³-hybridized carbons (Fsp3) is 0.846. The Kier molecular flexibility index (Phi) is 5.60. The van der Waals surface area contributed by atoms with Gasteiger partial charge in [-0.1, -0.05) is 6.92 Å². The summed E-state index contributed by atoms with van der Waals surface area (Å²) in [4.78, 5) is 28.9. The van der Waals surface area contributed by atoms with Crippen LogP contribution in [0.3, 0.4) is 0 Å². The lowest BCUT2D eigenvalue weighted by Crippen LogP contribution is -2.55.